The van der Waals surface area contributed by atoms with E-state index in [1.807, 2.05) is 28.2 Å². The molecule has 4 atom stereocenters. The average Bonchev–Trinajstić information content (AvgIpc) is 2.84. The first-order chi connectivity index (χ1) is 9.55. The molecule has 1 saturated heterocycles. The minimum atomic E-state index is -0.269. The van der Waals surface area contributed by atoms with Crippen molar-refractivity contribution in [2.45, 2.75) is 68.9 Å². The molecule has 5 heteroatoms. The molecule has 0 spiro atoms. The lowest BCUT2D eigenvalue weighted by Crippen LogP contribution is -2.36. The number of aliphatic hydroxyl groups excluding tert-OH is 1. The van der Waals surface area contributed by atoms with Gasteiger partial charge in [-0.25, -0.2) is 0 Å². The molecule has 0 bridgehead atoms. The fourth-order valence-electron chi connectivity index (χ4n) is 2.48. The fourth-order valence-corrected chi connectivity index (χ4v) is 5.50. The van der Waals surface area contributed by atoms with Crippen LogP contribution in [-0.4, -0.2) is 42.5 Å². The van der Waals surface area contributed by atoms with Crippen molar-refractivity contribution in [1.29, 1.82) is 0 Å². The number of rotatable bonds is 5. The van der Waals surface area contributed by atoms with Crippen LogP contribution in [0.3, 0.4) is 0 Å². The Morgan fingerprint density at radius 3 is 2.75 bits per heavy atom. The molecule has 0 radical (unpaired) electrons. The van der Waals surface area contributed by atoms with Gasteiger partial charge in [0.2, 0.25) is 0 Å². The normalized spacial score (nSPS) is 28.6. The number of aryl methyl sites for hydroxylation is 2. The van der Waals surface area contributed by atoms with Crippen LogP contribution in [0.2, 0.25) is 0 Å². The lowest BCUT2D eigenvalue weighted by molar-refractivity contribution is 0.174. The summed E-state index contributed by atoms with van der Waals surface area (Å²) in [5.74, 6) is 1.05. The van der Waals surface area contributed by atoms with Gasteiger partial charge in [0.1, 0.15) is 0 Å². The number of aromatic nitrogens is 2. The number of thioether (sulfide) groups is 2. The highest BCUT2D eigenvalue weighted by atomic mass is 32.2. The monoisotopic (exact) mass is 314 g/mol. The zero-order valence-corrected chi connectivity index (χ0v) is 14.5. The molecule has 2 rings (SSSR count). The molecule has 1 fully saturated rings. The van der Waals surface area contributed by atoms with Crippen LogP contribution in [0.15, 0.2) is 6.07 Å². The Balaban J connectivity index is 2.00. The van der Waals surface area contributed by atoms with E-state index >= 15 is 0 Å². The van der Waals surface area contributed by atoms with Gasteiger partial charge in [0.25, 0.3) is 0 Å². The van der Waals surface area contributed by atoms with Crippen molar-refractivity contribution in [3.8, 4) is 0 Å². The predicted molar refractivity (Wildman–Crippen MR) is 89.8 cm³/mol. The standard InChI is InChI=1S/C15H26N2OS2/c1-5-12-7-13(17(6-2)16-12)8-14(18)15-9-19-10(3)11(4)20-15/h7,10-11,14-15,18H,5-6,8-9H2,1-4H3. The first-order valence-corrected chi connectivity index (χ1v) is 9.55. The number of nitrogens with zero attached hydrogens (tertiary/aromatic N) is 2. The van der Waals surface area contributed by atoms with Gasteiger partial charge in [0.15, 0.2) is 0 Å². The van der Waals surface area contributed by atoms with Crippen LogP contribution in [0.25, 0.3) is 0 Å². The van der Waals surface area contributed by atoms with E-state index in [0.29, 0.717) is 15.7 Å². The first-order valence-electron chi connectivity index (χ1n) is 7.55. The molecule has 1 aromatic heterocycles. The van der Waals surface area contributed by atoms with Crippen LogP contribution in [0.1, 0.15) is 39.1 Å². The first kappa shape index (κ1) is 16.2. The predicted octanol–water partition coefficient (Wildman–Crippen LogP) is 2.99. The molecule has 1 aliphatic heterocycles. The van der Waals surface area contributed by atoms with Crippen LogP contribution in [0, 0.1) is 0 Å². The molecule has 4 unspecified atom stereocenters. The van der Waals surface area contributed by atoms with Crippen molar-refractivity contribution in [2.24, 2.45) is 0 Å². The summed E-state index contributed by atoms with van der Waals surface area (Å²) in [7, 11) is 0. The third-order valence-electron chi connectivity index (χ3n) is 4.00. The second-order valence-electron chi connectivity index (χ2n) is 5.49. The molecular weight excluding hydrogens is 288 g/mol. The van der Waals surface area contributed by atoms with E-state index in [9.17, 15) is 5.11 Å². The summed E-state index contributed by atoms with van der Waals surface area (Å²) in [6.07, 6.45) is 1.41. The molecule has 114 valence electrons. The van der Waals surface area contributed by atoms with Crippen LogP contribution < -0.4 is 0 Å². The maximum Gasteiger partial charge on any atom is 0.0722 e. The summed E-state index contributed by atoms with van der Waals surface area (Å²) in [6.45, 7) is 9.66. The Labute approximate surface area is 130 Å². The smallest absolute Gasteiger partial charge is 0.0722 e. The molecule has 0 aromatic carbocycles. The third-order valence-corrected chi connectivity index (χ3v) is 7.53. The van der Waals surface area contributed by atoms with Crippen LogP contribution in [-0.2, 0) is 19.4 Å². The van der Waals surface area contributed by atoms with Crippen LogP contribution >= 0.6 is 23.5 Å². The van der Waals surface area contributed by atoms with E-state index in [-0.39, 0.29) is 6.10 Å². The zero-order valence-electron chi connectivity index (χ0n) is 12.9. The molecule has 0 amide bonds. The highest BCUT2D eigenvalue weighted by Gasteiger charge is 2.30. The number of hydrogen-bond donors (Lipinski definition) is 1. The molecule has 2 heterocycles. The maximum atomic E-state index is 10.6. The van der Waals surface area contributed by atoms with E-state index in [1.54, 1.807) is 0 Å². The minimum Gasteiger partial charge on any atom is -0.392 e. The molecule has 1 aliphatic rings. The summed E-state index contributed by atoms with van der Waals surface area (Å²) in [6, 6.07) is 2.15. The van der Waals surface area contributed by atoms with Gasteiger partial charge in [-0.2, -0.15) is 28.6 Å². The second-order valence-corrected chi connectivity index (χ2v) is 8.52. The van der Waals surface area contributed by atoms with Crippen LogP contribution in [0.4, 0.5) is 0 Å². The second kappa shape index (κ2) is 7.23. The summed E-state index contributed by atoms with van der Waals surface area (Å²) in [4.78, 5) is 0. The number of aliphatic hydroxyl groups is 1. The van der Waals surface area contributed by atoms with E-state index in [2.05, 4.69) is 38.9 Å². The lowest BCUT2D eigenvalue weighted by Gasteiger charge is -2.33. The number of hydrogen-bond acceptors (Lipinski definition) is 4. The van der Waals surface area contributed by atoms with Crippen molar-refractivity contribution in [1.82, 2.24) is 9.78 Å². The van der Waals surface area contributed by atoms with Gasteiger partial charge in [0.05, 0.1) is 11.8 Å². The fraction of sp³-hybridized carbons (Fsp3) is 0.800. The highest BCUT2D eigenvalue weighted by molar-refractivity contribution is 8.07. The third kappa shape index (κ3) is 3.74. The zero-order chi connectivity index (χ0) is 14.7. The van der Waals surface area contributed by atoms with Crippen molar-refractivity contribution in [3.63, 3.8) is 0 Å². The minimum absolute atomic E-state index is 0.269. The largest absolute Gasteiger partial charge is 0.392 e. The highest BCUT2D eigenvalue weighted by Crippen LogP contribution is 2.37. The van der Waals surface area contributed by atoms with Crippen molar-refractivity contribution < 1.29 is 5.11 Å². The molecule has 1 N–H and O–H groups in total. The lowest BCUT2D eigenvalue weighted by atomic mass is 10.1. The van der Waals surface area contributed by atoms with Gasteiger partial charge < -0.3 is 5.11 Å². The quantitative estimate of drug-likeness (QED) is 0.907. The van der Waals surface area contributed by atoms with Crippen molar-refractivity contribution in [2.75, 3.05) is 5.75 Å². The summed E-state index contributed by atoms with van der Waals surface area (Å²) >= 11 is 3.94. The topological polar surface area (TPSA) is 38.0 Å². The van der Waals surface area contributed by atoms with Crippen molar-refractivity contribution >= 4 is 23.5 Å². The summed E-state index contributed by atoms with van der Waals surface area (Å²) in [5.41, 5.74) is 2.30. The average molecular weight is 315 g/mol. The Morgan fingerprint density at radius 2 is 2.15 bits per heavy atom. The molecule has 1 aromatic rings. The SMILES string of the molecule is CCc1cc(CC(O)C2CSC(C)C(C)S2)n(CC)n1. The summed E-state index contributed by atoms with van der Waals surface area (Å²) in [5, 5.41) is 16.8. The van der Waals surface area contributed by atoms with E-state index < -0.39 is 0 Å². The molecule has 0 aliphatic carbocycles. The van der Waals surface area contributed by atoms with Gasteiger partial charge >= 0.3 is 0 Å². The van der Waals surface area contributed by atoms with E-state index in [1.165, 1.54) is 5.69 Å². The molecule has 20 heavy (non-hydrogen) atoms. The van der Waals surface area contributed by atoms with Gasteiger partial charge in [-0.15, -0.1) is 0 Å². The Hall–Kier alpha value is -0.130. The van der Waals surface area contributed by atoms with Crippen LogP contribution in [0.5, 0.6) is 0 Å². The van der Waals surface area contributed by atoms with Gasteiger partial charge in [-0.1, -0.05) is 20.8 Å². The summed E-state index contributed by atoms with van der Waals surface area (Å²) < 4.78 is 2.04. The van der Waals surface area contributed by atoms with Gasteiger partial charge in [-0.3, -0.25) is 4.68 Å². The Morgan fingerprint density at radius 1 is 1.40 bits per heavy atom. The molecular formula is C15H26N2OS2. The maximum absolute atomic E-state index is 10.6. The Kier molecular flexibility index (Phi) is 5.87. The molecule has 0 saturated carbocycles. The Bertz CT molecular complexity index is 436. The van der Waals surface area contributed by atoms with Gasteiger partial charge in [0, 0.05) is 40.2 Å². The molecule has 3 nitrogen and oxygen atoms in total. The van der Waals surface area contributed by atoms with E-state index in [0.717, 1.165) is 30.8 Å². The van der Waals surface area contributed by atoms with E-state index in [4.69, 9.17) is 0 Å². The van der Waals surface area contributed by atoms with Gasteiger partial charge in [-0.05, 0) is 19.4 Å². The van der Waals surface area contributed by atoms with Crippen molar-refractivity contribution in [3.05, 3.63) is 17.5 Å².